The Hall–Kier alpha value is -2.88. The summed E-state index contributed by atoms with van der Waals surface area (Å²) in [5, 5.41) is 7.20. The molecule has 10 heteroatoms. The molecule has 2 aromatic rings. The Kier molecular flexibility index (Phi) is 5.27. The molecule has 8 nitrogen and oxygen atoms in total. The number of nitrogens with zero attached hydrogens (tertiary/aromatic N) is 4. The summed E-state index contributed by atoms with van der Waals surface area (Å²) < 4.78 is 32.4. The maximum Gasteiger partial charge on any atom is 0.256 e. The highest BCUT2D eigenvalue weighted by molar-refractivity contribution is 5.94. The van der Waals surface area contributed by atoms with Gasteiger partial charge in [-0.3, -0.25) is 14.7 Å². The molecule has 0 saturated carbocycles. The predicted octanol–water partition coefficient (Wildman–Crippen LogP) is 1.28. The van der Waals surface area contributed by atoms with Crippen LogP contribution in [0.15, 0.2) is 18.2 Å². The monoisotopic (exact) mass is 419 g/mol. The van der Waals surface area contributed by atoms with Crippen molar-refractivity contribution in [3.63, 3.8) is 0 Å². The molecular weight excluding hydrogens is 396 g/mol. The number of carbonyl (C=O) groups is 2. The summed E-state index contributed by atoms with van der Waals surface area (Å²) in [6, 6.07) is 2.93. The van der Waals surface area contributed by atoms with Crippen molar-refractivity contribution in [2.45, 2.75) is 18.8 Å². The van der Waals surface area contributed by atoms with Gasteiger partial charge in [0.05, 0.1) is 11.0 Å². The first kappa shape index (κ1) is 20.4. The number of methoxy groups -OCH3 is 1. The van der Waals surface area contributed by atoms with Gasteiger partial charge in [0.1, 0.15) is 24.1 Å². The molecule has 0 aliphatic carbocycles. The van der Waals surface area contributed by atoms with Gasteiger partial charge >= 0.3 is 0 Å². The number of nitrogens with one attached hydrogen (secondary N) is 1. The van der Waals surface area contributed by atoms with Crippen molar-refractivity contribution in [3.05, 3.63) is 47.0 Å². The second-order valence-corrected chi connectivity index (χ2v) is 7.93. The maximum atomic E-state index is 14.2. The molecule has 4 rings (SSSR count). The molecule has 30 heavy (non-hydrogen) atoms. The van der Waals surface area contributed by atoms with Crippen LogP contribution in [-0.2, 0) is 14.9 Å². The molecule has 0 spiro atoms. The lowest BCUT2D eigenvalue weighted by Crippen LogP contribution is -2.52. The Morgan fingerprint density at radius 1 is 1.30 bits per heavy atom. The fourth-order valence-electron chi connectivity index (χ4n) is 4.54. The fourth-order valence-corrected chi connectivity index (χ4v) is 4.54. The smallest absolute Gasteiger partial charge is 0.256 e. The predicted molar refractivity (Wildman–Crippen MR) is 102 cm³/mol. The van der Waals surface area contributed by atoms with Crippen molar-refractivity contribution in [2.75, 3.05) is 39.9 Å². The summed E-state index contributed by atoms with van der Waals surface area (Å²) >= 11 is 0. The van der Waals surface area contributed by atoms with Crippen LogP contribution >= 0.6 is 0 Å². The molecule has 2 aliphatic heterocycles. The number of fused-ring (bicyclic) bond motifs is 1. The number of aryl methyl sites for hydroxylation is 1. The van der Waals surface area contributed by atoms with Crippen LogP contribution < -0.4 is 0 Å². The van der Waals surface area contributed by atoms with E-state index < -0.39 is 23.0 Å². The summed E-state index contributed by atoms with van der Waals surface area (Å²) in [6.07, 6.45) is 0.570. The van der Waals surface area contributed by atoms with Crippen LogP contribution in [0.2, 0.25) is 0 Å². The van der Waals surface area contributed by atoms with Crippen LogP contribution in [0.5, 0.6) is 0 Å². The van der Waals surface area contributed by atoms with Crippen molar-refractivity contribution in [1.82, 2.24) is 25.0 Å². The van der Waals surface area contributed by atoms with Gasteiger partial charge in [0.25, 0.3) is 5.91 Å². The number of benzene rings is 1. The lowest BCUT2D eigenvalue weighted by molar-refractivity contribution is -0.137. The third kappa shape index (κ3) is 3.45. The molecule has 2 fully saturated rings. The third-order valence-electron chi connectivity index (χ3n) is 6.08. The van der Waals surface area contributed by atoms with Gasteiger partial charge in [-0.2, -0.15) is 5.10 Å². The fraction of sp³-hybridized carbons (Fsp3) is 0.500. The van der Waals surface area contributed by atoms with Crippen molar-refractivity contribution >= 4 is 11.8 Å². The first-order valence-electron chi connectivity index (χ1n) is 9.74. The van der Waals surface area contributed by atoms with E-state index in [4.69, 9.17) is 4.74 Å². The number of rotatable bonds is 4. The SMILES string of the molecule is COCC(=O)N1CC[C@@]2(c3n[nH]c(C)n3)CN(C(=O)c3ccc(F)cc3F)C[C@H]2C1. The number of halogens is 2. The van der Waals surface area contributed by atoms with E-state index in [1.165, 1.54) is 7.11 Å². The van der Waals surface area contributed by atoms with E-state index in [2.05, 4.69) is 15.2 Å². The van der Waals surface area contributed by atoms with Gasteiger partial charge in [-0.05, 0) is 25.5 Å². The summed E-state index contributed by atoms with van der Waals surface area (Å²) in [4.78, 5) is 33.2. The molecule has 0 radical (unpaired) electrons. The Morgan fingerprint density at radius 2 is 2.07 bits per heavy atom. The molecule has 1 N–H and O–H groups in total. The van der Waals surface area contributed by atoms with E-state index in [9.17, 15) is 18.4 Å². The molecule has 1 aromatic carbocycles. The molecule has 0 unspecified atom stereocenters. The Bertz CT molecular complexity index is 981. The molecule has 2 aliphatic rings. The second-order valence-electron chi connectivity index (χ2n) is 7.93. The number of H-pyrrole nitrogens is 1. The Morgan fingerprint density at radius 3 is 2.73 bits per heavy atom. The largest absolute Gasteiger partial charge is 0.375 e. The van der Waals surface area contributed by atoms with Crippen molar-refractivity contribution in [1.29, 1.82) is 0 Å². The first-order chi connectivity index (χ1) is 14.3. The molecule has 2 amide bonds. The Labute approximate surface area is 172 Å². The van der Waals surface area contributed by atoms with Crippen LogP contribution in [0.3, 0.4) is 0 Å². The number of amides is 2. The maximum absolute atomic E-state index is 14.2. The minimum atomic E-state index is -0.894. The van der Waals surface area contributed by atoms with Crippen LogP contribution in [0, 0.1) is 24.5 Å². The zero-order valence-electron chi connectivity index (χ0n) is 16.8. The van der Waals surface area contributed by atoms with E-state index in [1.54, 1.807) is 16.7 Å². The van der Waals surface area contributed by atoms with Crippen molar-refractivity contribution in [2.24, 2.45) is 5.92 Å². The standard InChI is InChI=1S/C20H23F2N5O3/c1-12-23-19(25-24-12)20-5-6-26(17(28)10-30-2)8-13(20)9-27(11-20)18(29)15-4-3-14(21)7-16(15)22/h3-4,7,13H,5-6,8-11H2,1-2H3,(H,23,24,25)/t13-,20-/m1/s1. The lowest BCUT2D eigenvalue weighted by atomic mass is 9.72. The number of hydrogen-bond donors (Lipinski definition) is 1. The molecule has 160 valence electrons. The normalized spacial score (nSPS) is 23.5. The zero-order chi connectivity index (χ0) is 21.5. The van der Waals surface area contributed by atoms with Crippen LogP contribution in [0.4, 0.5) is 8.78 Å². The van der Waals surface area contributed by atoms with Gasteiger partial charge in [0.2, 0.25) is 5.91 Å². The highest BCUT2D eigenvalue weighted by atomic mass is 19.1. The minimum Gasteiger partial charge on any atom is -0.375 e. The van der Waals surface area contributed by atoms with Gasteiger partial charge in [-0.25, -0.2) is 13.8 Å². The zero-order valence-corrected chi connectivity index (χ0v) is 16.8. The minimum absolute atomic E-state index is 0.0110. The number of aromatic amines is 1. The van der Waals surface area contributed by atoms with E-state index >= 15 is 0 Å². The van der Waals surface area contributed by atoms with Crippen molar-refractivity contribution < 1.29 is 23.1 Å². The molecule has 2 atom stereocenters. The van der Waals surface area contributed by atoms with E-state index in [1.807, 2.05) is 0 Å². The van der Waals surface area contributed by atoms with Gasteiger partial charge in [-0.1, -0.05) is 0 Å². The van der Waals surface area contributed by atoms with Crippen LogP contribution in [0.1, 0.15) is 28.4 Å². The topological polar surface area (TPSA) is 91.4 Å². The highest BCUT2D eigenvalue weighted by Gasteiger charge is 2.54. The van der Waals surface area contributed by atoms with E-state index in [-0.39, 0.29) is 24.0 Å². The van der Waals surface area contributed by atoms with E-state index in [0.29, 0.717) is 50.3 Å². The number of aromatic nitrogens is 3. The number of ether oxygens (including phenoxy) is 1. The molecule has 1 aromatic heterocycles. The molecule has 0 bridgehead atoms. The summed E-state index contributed by atoms with van der Waals surface area (Å²) in [5.74, 6) is -1.12. The van der Waals surface area contributed by atoms with Crippen molar-refractivity contribution in [3.8, 4) is 0 Å². The molecular formula is C20H23F2N5O3. The average Bonchev–Trinajstić information content (AvgIpc) is 3.31. The van der Waals surface area contributed by atoms with E-state index in [0.717, 1.165) is 12.1 Å². The highest BCUT2D eigenvalue weighted by Crippen LogP contribution is 2.44. The number of carbonyl (C=O) groups excluding carboxylic acids is 2. The van der Waals surface area contributed by atoms with Gasteiger partial charge in [0.15, 0.2) is 5.82 Å². The van der Waals surface area contributed by atoms with Crippen LogP contribution in [0.25, 0.3) is 0 Å². The lowest BCUT2D eigenvalue weighted by Gasteiger charge is -2.41. The number of piperidine rings is 1. The number of likely N-dealkylation sites (tertiary alicyclic amines) is 2. The summed E-state index contributed by atoms with van der Waals surface area (Å²) in [5.41, 5.74) is -0.718. The second kappa shape index (κ2) is 7.75. The van der Waals surface area contributed by atoms with Gasteiger partial charge < -0.3 is 14.5 Å². The quantitative estimate of drug-likeness (QED) is 0.806. The van der Waals surface area contributed by atoms with Gasteiger partial charge in [-0.15, -0.1) is 0 Å². The summed E-state index contributed by atoms with van der Waals surface area (Å²) in [6.45, 7) is 3.32. The average molecular weight is 419 g/mol. The van der Waals surface area contributed by atoms with Gasteiger partial charge in [0, 0.05) is 45.3 Å². The first-order valence-corrected chi connectivity index (χ1v) is 9.74. The number of hydrogen-bond acceptors (Lipinski definition) is 5. The van der Waals surface area contributed by atoms with Crippen LogP contribution in [-0.4, -0.2) is 76.7 Å². The Balaban J connectivity index is 1.64. The molecule has 3 heterocycles. The summed E-state index contributed by atoms with van der Waals surface area (Å²) in [7, 11) is 1.47. The molecule has 2 saturated heterocycles. The third-order valence-corrected chi connectivity index (χ3v) is 6.08.